The summed E-state index contributed by atoms with van der Waals surface area (Å²) >= 11 is 0. The molecule has 29 heavy (non-hydrogen) atoms. The van der Waals surface area contributed by atoms with E-state index in [1.54, 1.807) is 13.2 Å². The summed E-state index contributed by atoms with van der Waals surface area (Å²) in [7, 11) is 3.21. The Morgan fingerprint density at radius 2 is 1.52 bits per heavy atom. The third kappa shape index (κ3) is 2.80. The molecule has 2 aromatic carbocycles. The average Bonchev–Trinajstić information content (AvgIpc) is 2.76. The lowest BCUT2D eigenvalue weighted by Crippen LogP contribution is -2.41. The number of nitrogens with one attached hydrogen (secondary N) is 1. The van der Waals surface area contributed by atoms with Gasteiger partial charge in [-0.2, -0.15) is 0 Å². The molecule has 0 aliphatic heterocycles. The number of hydrogen-bond donors (Lipinski definition) is 1. The molecule has 6 rings (SSSR count). The molecule has 1 aromatic heterocycles. The molecule has 1 N–H and O–H groups in total. The maximum Gasteiger partial charge on any atom is 0.330 e. The number of fused-ring (bicyclic) bond motifs is 1. The fraction of sp³-hybridized carbons (Fsp3) is 0.333. The van der Waals surface area contributed by atoms with Gasteiger partial charge in [-0.05, 0) is 41.1 Å². The molecule has 0 amide bonds. The first-order chi connectivity index (χ1) is 14.1. The highest BCUT2D eigenvalue weighted by Gasteiger charge is 2.42. The van der Waals surface area contributed by atoms with Crippen LogP contribution in [0.1, 0.15) is 46.1 Å². The van der Waals surface area contributed by atoms with Crippen LogP contribution in [0.25, 0.3) is 0 Å². The molecule has 0 saturated heterocycles. The van der Waals surface area contributed by atoms with Crippen LogP contribution in [0, 0.1) is 5.92 Å². The minimum atomic E-state index is -0.295. The second-order valence-electron chi connectivity index (χ2n) is 8.33. The van der Waals surface area contributed by atoms with Crippen LogP contribution in [0.5, 0.6) is 0 Å². The molecule has 0 fully saturated rings. The standard InChI is InChI=1S/C24H25N3O2/c1-26-14-16(23(28)27(2)24(26)29)13-25-12-15-11-21-17-7-3-5-9-19(17)22(15)20-10-6-4-8-18(20)21/h3-10,14-15,21-22,25H,11-13H2,1-2H3. The summed E-state index contributed by atoms with van der Waals surface area (Å²) < 4.78 is 2.64. The van der Waals surface area contributed by atoms with Crippen LogP contribution in [0.3, 0.4) is 0 Å². The van der Waals surface area contributed by atoms with E-state index in [0.717, 1.165) is 13.0 Å². The lowest BCUT2D eigenvalue weighted by Gasteiger charge is -2.45. The monoisotopic (exact) mass is 387 g/mol. The molecular weight excluding hydrogens is 362 g/mol. The molecule has 3 aromatic rings. The molecule has 1 atom stereocenters. The van der Waals surface area contributed by atoms with Crippen molar-refractivity contribution in [3.8, 4) is 0 Å². The fourth-order valence-corrected chi connectivity index (χ4v) is 5.36. The van der Waals surface area contributed by atoms with Gasteiger partial charge >= 0.3 is 5.69 Å². The summed E-state index contributed by atoms with van der Waals surface area (Å²) in [5.41, 5.74) is 5.95. The van der Waals surface area contributed by atoms with E-state index in [4.69, 9.17) is 0 Å². The molecule has 0 saturated carbocycles. The predicted molar refractivity (Wildman–Crippen MR) is 113 cm³/mol. The lowest BCUT2D eigenvalue weighted by atomic mass is 9.59. The van der Waals surface area contributed by atoms with Gasteiger partial charge in [0.15, 0.2) is 0 Å². The van der Waals surface area contributed by atoms with Crippen LogP contribution in [0.4, 0.5) is 0 Å². The van der Waals surface area contributed by atoms with Crippen LogP contribution in [0.2, 0.25) is 0 Å². The van der Waals surface area contributed by atoms with Gasteiger partial charge in [-0.25, -0.2) is 4.79 Å². The maximum absolute atomic E-state index is 12.4. The topological polar surface area (TPSA) is 56.0 Å². The van der Waals surface area contributed by atoms with E-state index in [1.165, 1.54) is 38.4 Å². The number of hydrogen-bond acceptors (Lipinski definition) is 3. The Morgan fingerprint density at radius 3 is 2.14 bits per heavy atom. The molecule has 3 aliphatic rings. The van der Waals surface area contributed by atoms with Crippen molar-refractivity contribution in [3.05, 3.63) is 103 Å². The Hall–Kier alpha value is -2.92. The van der Waals surface area contributed by atoms with Crippen molar-refractivity contribution in [3.63, 3.8) is 0 Å². The molecule has 1 unspecified atom stereocenters. The third-order valence-corrected chi connectivity index (χ3v) is 6.66. The number of nitrogens with zero attached hydrogens (tertiary/aromatic N) is 2. The summed E-state index contributed by atoms with van der Waals surface area (Å²) in [5, 5.41) is 3.50. The van der Waals surface area contributed by atoms with E-state index in [0.29, 0.717) is 29.9 Å². The van der Waals surface area contributed by atoms with Gasteiger partial charge in [-0.1, -0.05) is 48.5 Å². The van der Waals surface area contributed by atoms with Crippen molar-refractivity contribution in [2.24, 2.45) is 20.0 Å². The molecule has 0 spiro atoms. The van der Waals surface area contributed by atoms with Gasteiger partial charge in [-0.15, -0.1) is 0 Å². The zero-order valence-electron chi connectivity index (χ0n) is 16.8. The largest absolute Gasteiger partial charge is 0.330 e. The minimum absolute atomic E-state index is 0.221. The number of aromatic nitrogens is 2. The quantitative estimate of drug-likeness (QED) is 0.748. The van der Waals surface area contributed by atoms with E-state index in [1.807, 2.05) is 0 Å². The highest BCUT2D eigenvalue weighted by atomic mass is 16.2. The molecule has 5 heteroatoms. The van der Waals surface area contributed by atoms with Gasteiger partial charge in [0, 0.05) is 44.2 Å². The van der Waals surface area contributed by atoms with Crippen molar-refractivity contribution in [2.75, 3.05) is 6.54 Å². The van der Waals surface area contributed by atoms with E-state index in [2.05, 4.69) is 53.8 Å². The zero-order valence-corrected chi connectivity index (χ0v) is 16.8. The maximum atomic E-state index is 12.4. The van der Waals surface area contributed by atoms with Gasteiger partial charge in [0.25, 0.3) is 5.56 Å². The SMILES string of the molecule is Cn1cc(CNCC2CC3c4ccccc4C2c2ccccc23)c(=O)n(C)c1=O. The Balaban J connectivity index is 1.40. The van der Waals surface area contributed by atoms with Gasteiger partial charge in [0.05, 0.1) is 0 Å². The van der Waals surface area contributed by atoms with Crippen LogP contribution >= 0.6 is 0 Å². The summed E-state index contributed by atoms with van der Waals surface area (Å²) in [6, 6.07) is 17.7. The molecule has 1 heterocycles. The third-order valence-electron chi connectivity index (χ3n) is 6.66. The summed E-state index contributed by atoms with van der Waals surface area (Å²) in [5.74, 6) is 1.33. The molecule has 5 nitrogen and oxygen atoms in total. The van der Waals surface area contributed by atoms with Gasteiger partial charge in [0.1, 0.15) is 0 Å². The Morgan fingerprint density at radius 1 is 0.931 bits per heavy atom. The second kappa shape index (κ2) is 6.85. The Labute approximate surface area is 169 Å². The van der Waals surface area contributed by atoms with Gasteiger partial charge in [0.2, 0.25) is 0 Å². The highest BCUT2D eigenvalue weighted by molar-refractivity contribution is 5.55. The molecule has 0 radical (unpaired) electrons. The molecule has 148 valence electrons. The van der Waals surface area contributed by atoms with Crippen molar-refractivity contribution in [1.82, 2.24) is 14.5 Å². The Kier molecular flexibility index (Phi) is 4.28. The minimum Gasteiger partial charge on any atom is -0.312 e. The Bertz CT molecular complexity index is 1160. The van der Waals surface area contributed by atoms with E-state index in [9.17, 15) is 9.59 Å². The smallest absolute Gasteiger partial charge is 0.312 e. The first-order valence-corrected chi connectivity index (χ1v) is 10.2. The lowest BCUT2D eigenvalue weighted by molar-refractivity contribution is 0.338. The fourth-order valence-electron chi connectivity index (χ4n) is 5.36. The van der Waals surface area contributed by atoms with Crippen LogP contribution in [-0.2, 0) is 20.6 Å². The molecule has 2 bridgehead atoms. The van der Waals surface area contributed by atoms with E-state index < -0.39 is 0 Å². The van der Waals surface area contributed by atoms with E-state index in [-0.39, 0.29) is 11.2 Å². The average molecular weight is 387 g/mol. The highest BCUT2D eigenvalue weighted by Crippen LogP contribution is 2.55. The van der Waals surface area contributed by atoms with Gasteiger partial charge in [-0.3, -0.25) is 9.36 Å². The van der Waals surface area contributed by atoms with Crippen molar-refractivity contribution in [2.45, 2.75) is 24.8 Å². The van der Waals surface area contributed by atoms with Crippen molar-refractivity contribution in [1.29, 1.82) is 0 Å². The summed E-state index contributed by atoms with van der Waals surface area (Å²) in [6.07, 6.45) is 2.77. The van der Waals surface area contributed by atoms with Gasteiger partial charge < -0.3 is 9.88 Å². The van der Waals surface area contributed by atoms with Crippen molar-refractivity contribution >= 4 is 0 Å². The first-order valence-electron chi connectivity index (χ1n) is 10.2. The predicted octanol–water partition coefficient (Wildman–Crippen LogP) is 2.47. The number of benzene rings is 2. The second-order valence-corrected chi connectivity index (χ2v) is 8.33. The number of aryl methyl sites for hydroxylation is 1. The molecule has 3 aliphatic carbocycles. The summed E-state index contributed by atoms with van der Waals surface area (Å²) in [4.78, 5) is 24.3. The zero-order chi connectivity index (χ0) is 20.1. The van der Waals surface area contributed by atoms with Crippen molar-refractivity contribution < 1.29 is 0 Å². The van der Waals surface area contributed by atoms with Crippen LogP contribution in [-0.4, -0.2) is 15.7 Å². The normalized spacial score (nSPS) is 21.7. The van der Waals surface area contributed by atoms with Crippen LogP contribution < -0.4 is 16.6 Å². The summed E-state index contributed by atoms with van der Waals surface area (Å²) in [6.45, 7) is 1.31. The van der Waals surface area contributed by atoms with Crippen LogP contribution in [0.15, 0.2) is 64.3 Å². The first kappa shape index (κ1) is 18.1. The molecular formula is C24H25N3O2. The van der Waals surface area contributed by atoms with E-state index >= 15 is 0 Å². The number of rotatable bonds is 4.